The van der Waals surface area contributed by atoms with E-state index in [1.54, 1.807) is 0 Å². The Morgan fingerprint density at radius 1 is 1.08 bits per heavy atom. The predicted molar refractivity (Wildman–Crippen MR) is 101 cm³/mol. The summed E-state index contributed by atoms with van der Waals surface area (Å²) in [6.07, 6.45) is 3.41. The van der Waals surface area contributed by atoms with E-state index in [9.17, 15) is 0 Å². The second-order valence-corrected chi connectivity index (χ2v) is 7.89. The summed E-state index contributed by atoms with van der Waals surface area (Å²) in [7, 11) is 0. The second kappa shape index (κ2) is 6.22. The molecule has 2 saturated carbocycles. The standard InChI is InChI=1S/C21H20ClN3O/c22-16-8-6-15(7-9-16)19-24-20(26-25-19)21(10-11-21)13-23-18-12-17(18)14-4-2-1-3-5-14/h1-9,17-18,23H,10-13H2/t17-,18?/m1/s1. The Morgan fingerprint density at radius 2 is 1.85 bits per heavy atom. The fraction of sp³-hybridized carbons (Fsp3) is 0.333. The molecule has 2 aromatic carbocycles. The van der Waals surface area contributed by atoms with Gasteiger partial charge in [-0.1, -0.05) is 47.1 Å². The third kappa shape index (κ3) is 3.04. The lowest BCUT2D eigenvalue weighted by Crippen LogP contribution is -2.29. The molecule has 2 fully saturated rings. The third-order valence-corrected chi connectivity index (χ3v) is 5.81. The van der Waals surface area contributed by atoms with Crippen LogP contribution in [0.2, 0.25) is 5.02 Å². The number of hydrogen-bond donors (Lipinski definition) is 1. The molecule has 5 heteroatoms. The van der Waals surface area contributed by atoms with Crippen molar-refractivity contribution in [2.75, 3.05) is 6.54 Å². The number of hydrogen-bond acceptors (Lipinski definition) is 4. The van der Waals surface area contributed by atoms with Crippen LogP contribution in [0.3, 0.4) is 0 Å². The summed E-state index contributed by atoms with van der Waals surface area (Å²) in [5.74, 6) is 2.03. The molecule has 4 nitrogen and oxygen atoms in total. The highest BCUT2D eigenvalue weighted by molar-refractivity contribution is 6.30. The summed E-state index contributed by atoms with van der Waals surface area (Å²) in [5, 5.41) is 8.59. The number of nitrogens with zero attached hydrogens (tertiary/aromatic N) is 2. The molecule has 0 aliphatic heterocycles. The highest BCUT2D eigenvalue weighted by Gasteiger charge is 2.51. The van der Waals surface area contributed by atoms with Crippen molar-refractivity contribution >= 4 is 11.6 Å². The number of benzene rings is 2. The minimum Gasteiger partial charge on any atom is -0.338 e. The van der Waals surface area contributed by atoms with Crippen LogP contribution in [0.25, 0.3) is 11.4 Å². The molecule has 2 aliphatic rings. The molecule has 0 radical (unpaired) electrons. The molecule has 1 heterocycles. The van der Waals surface area contributed by atoms with Gasteiger partial charge in [0.15, 0.2) is 0 Å². The third-order valence-electron chi connectivity index (χ3n) is 5.56. The molecule has 5 rings (SSSR count). The minimum absolute atomic E-state index is 0.0154. The van der Waals surface area contributed by atoms with Crippen LogP contribution in [-0.4, -0.2) is 22.7 Å². The molecule has 1 unspecified atom stereocenters. The van der Waals surface area contributed by atoms with Crippen molar-refractivity contribution in [1.82, 2.24) is 15.5 Å². The zero-order valence-corrected chi connectivity index (χ0v) is 15.1. The Hall–Kier alpha value is -2.17. The zero-order chi connectivity index (χ0) is 17.6. The van der Waals surface area contributed by atoms with Gasteiger partial charge in [-0.2, -0.15) is 4.98 Å². The first-order valence-electron chi connectivity index (χ1n) is 9.12. The van der Waals surface area contributed by atoms with E-state index >= 15 is 0 Å². The molecule has 0 bridgehead atoms. The van der Waals surface area contributed by atoms with Crippen molar-refractivity contribution in [1.29, 1.82) is 0 Å². The summed E-state index contributed by atoms with van der Waals surface area (Å²) in [6, 6.07) is 18.8. The summed E-state index contributed by atoms with van der Waals surface area (Å²) in [4.78, 5) is 4.66. The van der Waals surface area contributed by atoms with E-state index in [2.05, 4.69) is 45.8 Å². The number of rotatable bonds is 6. The topological polar surface area (TPSA) is 51.0 Å². The van der Waals surface area contributed by atoms with Crippen LogP contribution in [0.4, 0.5) is 0 Å². The molecular weight excluding hydrogens is 346 g/mol. The van der Waals surface area contributed by atoms with Crippen LogP contribution >= 0.6 is 11.6 Å². The van der Waals surface area contributed by atoms with Gasteiger partial charge in [-0.05, 0) is 49.1 Å². The van der Waals surface area contributed by atoms with E-state index < -0.39 is 0 Å². The normalized spacial score (nSPS) is 23.0. The number of nitrogens with one attached hydrogen (secondary N) is 1. The van der Waals surface area contributed by atoms with Gasteiger partial charge in [-0.3, -0.25) is 0 Å². The summed E-state index contributed by atoms with van der Waals surface area (Å²) in [6.45, 7) is 0.906. The van der Waals surface area contributed by atoms with Gasteiger partial charge in [0.05, 0.1) is 5.41 Å². The molecular formula is C21H20ClN3O. The Morgan fingerprint density at radius 3 is 2.58 bits per heavy atom. The van der Waals surface area contributed by atoms with Crippen LogP contribution in [0, 0.1) is 0 Å². The molecule has 3 aromatic rings. The van der Waals surface area contributed by atoms with Gasteiger partial charge in [-0.25, -0.2) is 0 Å². The van der Waals surface area contributed by atoms with Gasteiger partial charge in [0.25, 0.3) is 0 Å². The molecule has 2 atom stereocenters. The second-order valence-electron chi connectivity index (χ2n) is 7.45. The van der Waals surface area contributed by atoms with Crippen molar-refractivity contribution in [3.05, 3.63) is 71.1 Å². The average Bonchev–Trinajstić information content (AvgIpc) is 3.59. The van der Waals surface area contributed by atoms with E-state index in [-0.39, 0.29) is 5.41 Å². The van der Waals surface area contributed by atoms with Gasteiger partial charge in [-0.15, -0.1) is 0 Å². The molecule has 1 N–H and O–H groups in total. The van der Waals surface area contributed by atoms with Crippen molar-refractivity contribution in [3.8, 4) is 11.4 Å². The van der Waals surface area contributed by atoms with E-state index in [1.807, 2.05) is 24.3 Å². The van der Waals surface area contributed by atoms with Crippen LogP contribution in [0.5, 0.6) is 0 Å². The lowest BCUT2D eigenvalue weighted by atomic mass is 10.1. The van der Waals surface area contributed by atoms with Crippen molar-refractivity contribution < 1.29 is 4.52 Å². The maximum Gasteiger partial charge on any atom is 0.234 e. The Bertz CT molecular complexity index is 903. The van der Waals surface area contributed by atoms with Crippen molar-refractivity contribution in [2.45, 2.75) is 36.6 Å². The van der Waals surface area contributed by atoms with Crippen LogP contribution in [0.1, 0.15) is 36.6 Å². The summed E-state index contributed by atoms with van der Waals surface area (Å²) >= 11 is 5.95. The maximum absolute atomic E-state index is 5.95. The predicted octanol–water partition coefficient (Wildman–Crippen LogP) is 4.57. The van der Waals surface area contributed by atoms with Gasteiger partial charge < -0.3 is 9.84 Å². The van der Waals surface area contributed by atoms with Crippen LogP contribution in [0.15, 0.2) is 59.1 Å². The summed E-state index contributed by atoms with van der Waals surface area (Å²) < 4.78 is 5.61. The molecule has 0 saturated heterocycles. The average molecular weight is 366 g/mol. The minimum atomic E-state index is 0.0154. The first-order valence-corrected chi connectivity index (χ1v) is 9.50. The highest BCUT2D eigenvalue weighted by atomic mass is 35.5. The van der Waals surface area contributed by atoms with Crippen molar-refractivity contribution in [3.63, 3.8) is 0 Å². The summed E-state index contributed by atoms with van der Waals surface area (Å²) in [5.41, 5.74) is 2.37. The molecule has 26 heavy (non-hydrogen) atoms. The highest BCUT2D eigenvalue weighted by Crippen LogP contribution is 2.49. The quantitative estimate of drug-likeness (QED) is 0.695. The zero-order valence-electron chi connectivity index (χ0n) is 14.4. The first-order chi connectivity index (χ1) is 12.7. The Kier molecular flexibility index (Phi) is 3.84. The van der Waals surface area contributed by atoms with Crippen LogP contribution < -0.4 is 5.32 Å². The van der Waals surface area contributed by atoms with E-state index in [4.69, 9.17) is 16.1 Å². The molecule has 2 aliphatic carbocycles. The van der Waals surface area contributed by atoms with Gasteiger partial charge in [0.2, 0.25) is 11.7 Å². The first kappa shape index (κ1) is 16.0. The molecule has 132 valence electrons. The van der Waals surface area contributed by atoms with E-state index in [0.29, 0.717) is 22.8 Å². The maximum atomic E-state index is 5.95. The Balaban J connectivity index is 1.24. The van der Waals surface area contributed by atoms with Gasteiger partial charge in [0, 0.05) is 29.1 Å². The molecule has 1 aromatic heterocycles. The SMILES string of the molecule is Clc1ccc(-c2noc(C3(CNC4C[C@@H]4c4ccccc4)CC3)n2)cc1. The molecule has 0 spiro atoms. The monoisotopic (exact) mass is 365 g/mol. The van der Waals surface area contributed by atoms with E-state index in [0.717, 1.165) is 30.8 Å². The largest absolute Gasteiger partial charge is 0.338 e. The Labute approximate surface area is 157 Å². The van der Waals surface area contributed by atoms with Gasteiger partial charge >= 0.3 is 0 Å². The fourth-order valence-electron chi connectivity index (χ4n) is 3.59. The van der Waals surface area contributed by atoms with E-state index in [1.165, 1.54) is 12.0 Å². The number of aromatic nitrogens is 2. The smallest absolute Gasteiger partial charge is 0.234 e. The van der Waals surface area contributed by atoms with Crippen molar-refractivity contribution in [2.24, 2.45) is 0 Å². The molecule has 0 amide bonds. The van der Waals surface area contributed by atoms with Gasteiger partial charge in [0.1, 0.15) is 0 Å². The number of halogens is 1. The fourth-order valence-corrected chi connectivity index (χ4v) is 3.71. The van der Waals surface area contributed by atoms with Crippen LogP contribution in [-0.2, 0) is 5.41 Å². The lowest BCUT2D eigenvalue weighted by Gasteiger charge is -2.11. The lowest BCUT2D eigenvalue weighted by molar-refractivity contribution is 0.338.